The number of methoxy groups -OCH3 is 1. The predicted octanol–water partition coefficient (Wildman–Crippen LogP) is 1.23. The Bertz CT molecular complexity index is 49.7. The molecular weight excluding hydrogens is 128 g/mol. The number of rotatable bonds is 4. The Morgan fingerprint density at radius 3 is 2.62 bits per heavy atom. The van der Waals surface area contributed by atoms with Gasteiger partial charge in [0.15, 0.2) is 0 Å². The lowest BCUT2D eigenvalue weighted by Gasteiger charge is -2.06. The van der Waals surface area contributed by atoms with Crippen LogP contribution in [0.2, 0.25) is 0 Å². The van der Waals surface area contributed by atoms with Crippen molar-refractivity contribution in [3.63, 3.8) is 0 Å². The second-order valence-electron chi connectivity index (χ2n) is 1.54. The van der Waals surface area contributed by atoms with E-state index in [9.17, 15) is 0 Å². The van der Waals surface area contributed by atoms with Gasteiger partial charge in [-0.05, 0) is 6.92 Å². The summed E-state index contributed by atoms with van der Waals surface area (Å²) in [5, 5.41) is 0. The fourth-order valence-corrected chi connectivity index (χ4v) is 0.318. The smallest absolute Gasteiger partial charge is 0.146 e. The summed E-state index contributed by atoms with van der Waals surface area (Å²) >= 11 is 5.41. The van der Waals surface area contributed by atoms with Crippen LogP contribution in [0.5, 0.6) is 0 Å². The lowest BCUT2D eigenvalue weighted by molar-refractivity contribution is -0.0575. The minimum Gasteiger partial charge on any atom is -0.359 e. The quantitative estimate of drug-likeness (QED) is 0.430. The third-order valence-electron chi connectivity index (χ3n) is 0.688. The van der Waals surface area contributed by atoms with Crippen LogP contribution in [0, 0.1) is 0 Å². The molecule has 1 atom stereocenters. The maximum Gasteiger partial charge on any atom is 0.146 e. The van der Waals surface area contributed by atoms with E-state index in [4.69, 9.17) is 16.3 Å². The lowest BCUT2D eigenvalue weighted by atomic mass is 10.5. The van der Waals surface area contributed by atoms with E-state index in [1.165, 1.54) is 0 Å². The Kier molecular flexibility index (Phi) is 5.49. The zero-order valence-electron chi connectivity index (χ0n) is 5.19. The van der Waals surface area contributed by atoms with Gasteiger partial charge in [0.1, 0.15) is 6.79 Å². The summed E-state index contributed by atoms with van der Waals surface area (Å²) in [6.07, 6.45) is 0.0941. The molecule has 1 unspecified atom stereocenters. The highest BCUT2D eigenvalue weighted by Crippen LogP contribution is 1.91. The van der Waals surface area contributed by atoms with Crippen molar-refractivity contribution < 1.29 is 9.47 Å². The molecule has 2 nitrogen and oxygen atoms in total. The Hall–Kier alpha value is 0.210. The van der Waals surface area contributed by atoms with E-state index >= 15 is 0 Å². The maximum absolute atomic E-state index is 5.41. The first-order valence-electron chi connectivity index (χ1n) is 2.47. The first kappa shape index (κ1) is 8.21. The second kappa shape index (κ2) is 5.35. The van der Waals surface area contributed by atoms with Crippen LogP contribution in [-0.2, 0) is 9.47 Å². The van der Waals surface area contributed by atoms with Gasteiger partial charge in [0, 0.05) is 13.0 Å². The molecule has 8 heavy (non-hydrogen) atoms. The highest BCUT2D eigenvalue weighted by molar-refractivity contribution is 6.18. The summed E-state index contributed by atoms with van der Waals surface area (Å²) < 4.78 is 9.62. The zero-order valence-corrected chi connectivity index (χ0v) is 5.94. The van der Waals surface area contributed by atoms with E-state index in [-0.39, 0.29) is 6.10 Å². The molecule has 0 aliphatic carbocycles. The fourth-order valence-electron chi connectivity index (χ4n) is 0.229. The van der Waals surface area contributed by atoms with Crippen LogP contribution >= 0.6 is 11.6 Å². The van der Waals surface area contributed by atoms with E-state index in [2.05, 4.69) is 4.74 Å². The van der Waals surface area contributed by atoms with Gasteiger partial charge in [-0.1, -0.05) is 0 Å². The maximum atomic E-state index is 5.41. The zero-order chi connectivity index (χ0) is 6.41. The van der Waals surface area contributed by atoms with Gasteiger partial charge in [-0.15, -0.1) is 11.6 Å². The van der Waals surface area contributed by atoms with E-state index in [1.54, 1.807) is 7.11 Å². The summed E-state index contributed by atoms with van der Waals surface area (Å²) in [6.45, 7) is 2.22. The van der Waals surface area contributed by atoms with Gasteiger partial charge in [0.05, 0.1) is 6.10 Å². The molecule has 0 rings (SSSR count). The number of alkyl halides is 1. The number of hydrogen-bond acceptors (Lipinski definition) is 2. The van der Waals surface area contributed by atoms with Crippen LogP contribution in [0.1, 0.15) is 6.92 Å². The predicted molar refractivity (Wildman–Crippen MR) is 33.1 cm³/mol. The molecule has 0 N–H and O–H groups in total. The summed E-state index contributed by atoms with van der Waals surface area (Å²) in [4.78, 5) is 0. The molecule has 0 aliphatic heterocycles. The molecule has 3 heteroatoms. The number of halogens is 1. The summed E-state index contributed by atoms with van der Waals surface area (Å²) in [5.41, 5.74) is 0. The van der Waals surface area contributed by atoms with Crippen molar-refractivity contribution >= 4 is 11.6 Å². The monoisotopic (exact) mass is 138 g/mol. The summed E-state index contributed by atoms with van der Waals surface area (Å²) in [5.74, 6) is 0.517. The largest absolute Gasteiger partial charge is 0.359 e. The highest BCUT2D eigenvalue weighted by atomic mass is 35.5. The van der Waals surface area contributed by atoms with Gasteiger partial charge in [-0.2, -0.15) is 0 Å². The molecule has 0 amide bonds. The van der Waals surface area contributed by atoms with Crippen LogP contribution in [0.15, 0.2) is 0 Å². The van der Waals surface area contributed by atoms with E-state index in [0.717, 1.165) is 0 Å². The normalized spacial score (nSPS) is 13.9. The van der Waals surface area contributed by atoms with Gasteiger partial charge in [0.25, 0.3) is 0 Å². The molecule has 0 aliphatic rings. The average Bonchev–Trinajstić information content (AvgIpc) is 1.83. The van der Waals surface area contributed by atoms with Crippen molar-refractivity contribution in [1.29, 1.82) is 0 Å². The molecule has 0 spiro atoms. The van der Waals surface area contributed by atoms with Crippen molar-refractivity contribution in [3.8, 4) is 0 Å². The van der Waals surface area contributed by atoms with Crippen LogP contribution in [0.25, 0.3) is 0 Å². The SMILES string of the molecule is COCOC(C)CCl. The van der Waals surface area contributed by atoms with Gasteiger partial charge in [0.2, 0.25) is 0 Å². The first-order chi connectivity index (χ1) is 3.81. The molecule has 0 aromatic rings. The van der Waals surface area contributed by atoms with Crippen LogP contribution in [0.3, 0.4) is 0 Å². The molecule has 0 aromatic carbocycles. The Morgan fingerprint density at radius 1 is 1.62 bits per heavy atom. The highest BCUT2D eigenvalue weighted by Gasteiger charge is 1.95. The molecule has 0 bridgehead atoms. The topological polar surface area (TPSA) is 18.5 Å². The molecule has 0 fully saturated rings. The molecule has 0 heterocycles. The van der Waals surface area contributed by atoms with Crippen molar-refractivity contribution in [3.05, 3.63) is 0 Å². The molecule has 0 radical (unpaired) electrons. The Balaban J connectivity index is 2.86. The van der Waals surface area contributed by atoms with Gasteiger partial charge in [-0.25, -0.2) is 0 Å². The van der Waals surface area contributed by atoms with E-state index < -0.39 is 0 Å². The first-order valence-corrected chi connectivity index (χ1v) is 3.01. The van der Waals surface area contributed by atoms with Crippen LogP contribution in [-0.4, -0.2) is 25.9 Å². The minimum absolute atomic E-state index is 0.0941. The van der Waals surface area contributed by atoms with Gasteiger partial charge < -0.3 is 9.47 Å². The number of ether oxygens (including phenoxy) is 2. The van der Waals surface area contributed by atoms with Crippen LogP contribution < -0.4 is 0 Å². The third-order valence-corrected chi connectivity index (χ3v) is 1.12. The van der Waals surface area contributed by atoms with Crippen molar-refractivity contribution in [1.82, 2.24) is 0 Å². The Morgan fingerprint density at radius 2 is 2.25 bits per heavy atom. The molecule has 0 saturated heterocycles. The standard InChI is InChI=1S/C5H11ClO2/c1-5(3-6)8-4-7-2/h5H,3-4H2,1-2H3. The van der Waals surface area contributed by atoms with Gasteiger partial charge >= 0.3 is 0 Å². The van der Waals surface area contributed by atoms with Gasteiger partial charge in [-0.3, -0.25) is 0 Å². The Labute approximate surface area is 54.7 Å². The second-order valence-corrected chi connectivity index (χ2v) is 1.85. The fraction of sp³-hybridized carbons (Fsp3) is 1.00. The van der Waals surface area contributed by atoms with E-state index in [1.807, 2.05) is 6.92 Å². The minimum atomic E-state index is 0.0941. The number of hydrogen-bond donors (Lipinski definition) is 0. The van der Waals surface area contributed by atoms with Crippen LogP contribution in [0.4, 0.5) is 0 Å². The van der Waals surface area contributed by atoms with Crippen molar-refractivity contribution in [2.75, 3.05) is 19.8 Å². The van der Waals surface area contributed by atoms with E-state index in [0.29, 0.717) is 12.7 Å². The van der Waals surface area contributed by atoms with Crippen molar-refractivity contribution in [2.45, 2.75) is 13.0 Å². The van der Waals surface area contributed by atoms with Crippen molar-refractivity contribution in [2.24, 2.45) is 0 Å². The third kappa shape index (κ3) is 4.37. The molecule has 0 saturated carbocycles. The summed E-state index contributed by atoms with van der Waals surface area (Å²) in [7, 11) is 1.58. The lowest BCUT2D eigenvalue weighted by Crippen LogP contribution is -2.11. The molecular formula is C5H11ClO2. The molecule has 50 valence electrons. The summed E-state index contributed by atoms with van der Waals surface area (Å²) in [6, 6.07) is 0. The molecule has 0 aromatic heterocycles. The average molecular weight is 139 g/mol.